The number of hydrogen-bond acceptors (Lipinski definition) is 10. The monoisotopic (exact) mass is 589 g/mol. The Bertz CT molecular complexity index is 1830. The summed E-state index contributed by atoms with van der Waals surface area (Å²) in [5.74, 6) is 1.16. The number of likely N-dealkylation sites (tertiary alicyclic amines) is 1. The molecule has 44 heavy (non-hydrogen) atoms. The van der Waals surface area contributed by atoms with Crippen LogP contribution in [0.5, 0.6) is 5.75 Å². The van der Waals surface area contributed by atoms with Crippen molar-refractivity contribution >= 4 is 17.4 Å². The maximum absolute atomic E-state index is 12.3. The van der Waals surface area contributed by atoms with Crippen molar-refractivity contribution in [1.29, 1.82) is 5.26 Å². The van der Waals surface area contributed by atoms with Gasteiger partial charge in [-0.1, -0.05) is 35.5 Å². The summed E-state index contributed by atoms with van der Waals surface area (Å²) in [7, 11) is 0. The van der Waals surface area contributed by atoms with E-state index in [1.807, 2.05) is 57.2 Å². The van der Waals surface area contributed by atoms with Crippen molar-refractivity contribution in [3.05, 3.63) is 78.2 Å². The predicted molar refractivity (Wildman–Crippen MR) is 161 cm³/mol. The number of fused-ring (bicyclic) bond motifs is 1. The van der Waals surface area contributed by atoms with Crippen molar-refractivity contribution in [2.75, 3.05) is 13.1 Å². The van der Waals surface area contributed by atoms with E-state index < -0.39 is 5.60 Å². The standard InChI is InChI=1S/C32H31N9O3/c1-32(2,3)44-31(42)40-12-10-25(11-13-40)43-26-17-34-28(35-18-26)24-9-5-7-22(15-24)20-41-30-29(38-39-41)36-19-27(37-30)23-8-4-6-21(14-23)16-33/h4-9,14-15,17-19,25H,10-13,20H2,1-3H3. The number of rotatable bonds is 6. The SMILES string of the molecule is CC(C)(C)OC(=O)N1CCC(Oc2cnc(-c3cccc(Cn4nnc5ncc(-c6cccc(C#N)c6)nc54)c3)nc2)CC1. The first-order valence-corrected chi connectivity index (χ1v) is 14.4. The van der Waals surface area contributed by atoms with E-state index >= 15 is 0 Å². The molecule has 2 aromatic carbocycles. The molecule has 1 aliphatic rings. The zero-order valence-electron chi connectivity index (χ0n) is 24.7. The minimum absolute atomic E-state index is 0.0251. The Morgan fingerprint density at radius 2 is 1.75 bits per heavy atom. The van der Waals surface area contributed by atoms with Crippen LogP contribution in [0.15, 0.2) is 67.1 Å². The van der Waals surface area contributed by atoms with Gasteiger partial charge in [-0.2, -0.15) is 5.26 Å². The van der Waals surface area contributed by atoms with Crippen LogP contribution in [0.25, 0.3) is 33.9 Å². The summed E-state index contributed by atoms with van der Waals surface area (Å²) in [4.78, 5) is 32.3. The summed E-state index contributed by atoms with van der Waals surface area (Å²) in [6.45, 7) is 7.17. The van der Waals surface area contributed by atoms with Crippen LogP contribution in [-0.2, 0) is 11.3 Å². The summed E-state index contributed by atoms with van der Waals surface area (Å²) >= 11 is 0. The Morgan fingerprint density at radius 1 is 1.00 bits per heavy atom. The van der Waals surface area contributed by atoms with Crippen LogP contribution < -0.4 is 4.74 Å². The quantitative estimate of drug-likeness (QED) is 0.264. The first kappa shape index (κ1) is 28.7. The normalized spacial score (nSPS) is 13.9. The second-order valence-corrected chi connectivity index (χ2v) is 11.6. The van der Waals surface area contributed by atoms with E-state index in [0.29, 0.717) is 66.6 Å². The zero-order valence-corrected chi connectivity index (χ0v) is 24.7. The highest BCUT2D eigenvalue weighted by Crippen LogP contribution is 2.24. The van der Waals surface area contributed by atoms with Gasteiger partial charge in [0.15, 0.2) is 17.2 Å². The fourth-order valence-corrected chi connectivity index (χ4v) is 4.93. The van der Waals surface area contributed by atoms with Crippen LogP contribution in [-0.4, -0.2) is 70.7 Å². The summed E-state index contributed by atoms with van der Waals surface area (Å²) in [6, 6.07) is 17.3. The lowest BCUT2D eigenvalue weighted by molar-refractivity contribution is 0.0126. The van der Waals surface area contributed by atoms with E-state index in [1.54, 1.807) is 40.3 Å². The molecule has 1 aliphatic heterocycles. The maximum atomic E-state index is 12.3. The third-order valence-corrected chi connectivity index (χ3v) is 7.06. The maximum Gasteiger partial charge on any atom is 0.410 e. The number of nitrogens with zero attached hydrogens (tertiary/aromatic N) is 9. The zero-order chi connectivity index (χ0) is 30.7. The fraction of sp³-hybridized carbons (Fsp3) is 0.312. The van der Waals surface area contributed by atoms with Gasteiger partial charge in [0.2, 0.25) is 5.65 Å². The molecule has 1 amide bonds. The van der Waals surface area contributed by atoms with Crippen LogP contribution in [0.2, 0.25) is 0 Å². The Labute approximate surface area is 254 Å². The second-order valence-electron chi connectivity index (χ2n) is 11.6. The highest BCUT2D eigenvalue weighted by atomic mass is 16.6. The first-order valence-electron chi connectivity index (χ1n) is 14.4. The number of hydrogen-bond donors (Lipinski definition) is 0. The second kappa shape index (κ2) is 12.0. The highest BCUT2D eigenvalue weighted by molar-refractivity contribution is 5.71. The van der Waals surface area contributed by atoms with Crippen LogP contribution in [0, 0.1) is 11.3 Å². The van der Waals surface area contributed by atoms with E-state index in [1.165, 1.54) is 0 Å². The van der Waals surface area contributed by atoms with Crippen molar-refractivity contribution in [2.45, 2.75) is 51.9 Å². The Morgan fingerprint density at radius 3 is 2.50 bits per heavy atom. The predicted octanol–water partition coefficient (Wildman–Crippen LogP) is 5.04. The molecule has 12 nitrogen and oxygen atoms in total. The number of amides is 1. The number of carbonyl (C=O) groups excluding carboxylic acids is 1. The third-order valence-electron chi connectivity index (χ3n) is 7.06. The lowest BCUT2D eigenvalue weighted by Gasteiger charge is -2.33. The first-order chi connectivity index (χ1) is 21.2. The summed E-state index contributed by atoms with van der Waals surface area (Å²) < 4.78 is 13.3. The van der Waals surface area contributed by atoms with Crippen LogP contribution in [0.4, 0.5) is 4.79 Å². The third kappa shape index (κ3) is 6.62. The number of carbonyl (C=O) groups is 1. The molecular weight excluding hydrogens is 558 g/mol. The molecule has 0 aliphatic carbocycles. The van der Waals surface area contributed by atoms with Crippen LogP contribution in [0.3, 0.4) is 0 Å². The molecular formula is C32H31N9O3. The Hall–Kier alpha value is -5.44. The molecule has 0 unspecified atom stereocenters. The van der Waals surface area contributed by atoms with Gasteiger partial charge in [-0.15, -0.1) is 5.10 Å². The van der Waals surface area contributed by atoms with Gasteiger partial charge in [-0.3, -0.25) is 0 Å². The average molecular weight is 590 g/mol. The van der Waals surface area contributed by atoms with Crippen LogP contribution >= 0.6 is 0 Å². The number of aromatic nitrogens is 7. The van der Waals surface area contributed by atoms with Crippen molar-refractivity contribution in [2.24, 2.45) is 0 Å². The average Bonchev–Trinajstić information content (AvgIpc) is 3.43. The summed E-state index contributed by atoms with van der Waals surface area (Å²) in [6.07, 6.45) is 6.09. The molecule has 0 N–H and O–H groups in total. The van der Waals surface area contributed by atoms with Gasteiger partial charge < -0.3 is 14.4 Å². The topological polar surface area (TPSA) is 145 Å². The van der Waals surface area contributed by atoms with Crippen molar-refractivity contribution in [3.63, 3.8) is 0 Å². The van der Waals surface area contributed by atoms with Gasteiger partial charge in [0.1, 0.15) is 11.7 Å². The molecule has 0 saturated carbocycles. The molecule has 1 saturated heterocycles. The van der Waals surface area contributed by atoms with Crippen molar-refractivity contribution in [3.8, 4) is 34.5 Å². The van der Waals surface area contributed by atoms with E-state index in [0.717, 1.165) is 16.7 Å². The molecule has 0 atom stereocenters. The molecule has 4 heterocycles. The van der Waals surface area contributed by atoms with Crippen molar-refractivity contribution < 1.29 is 14.3 Å². The molecule has 222 valence electrons. The molecule has 0 spiro atoms. The number of piperidine rings is 1. The molecule has 3 aromatic heterocycles. The number of ether oxygens (including phenoxy) is 2. The molecule has 0 bridgehead atoms. The lowest BCUT2D eigenvalue weighted by atomic mass is 10.1. The minimum Gasteiger partial charge on any atom is -0.487 e. The summed E-state index contributed by atoms with van der Waals surface area (Å²) in [5.41, 5.74) is 4.27. The van der Waals surface area contributed by atoms with Gasteiger partial charge in [-0.05, 0) is 44.5 Å². The largest absolute Gasteiger partial charge is 0.487 e. The Balaban J connectivity index is 1.11. The molecule has 1 fully saturated rings. The molecule has 12 heteroatoms. The molecule has 0 radical (unpaired) electrons. The van der Waals surface area contributed by atoms with Gasteiger partial charge in [0.05, 0.1) is 42.5 Å². The van der Waals surface area contributed by atoms with Gasteiger partial charge in [0.25, 0.3) is 0 Å². The van der Waals surface area contributed by atoms with Crippen molar-refractivity contribution in [1.82, 2.24) is 39.8 Å². The smallest absolute Gasteiger partial charge is 0.410 e. The highest BCUT2D eigenvalue weighted by Gasteiger charge is 2.27. The lowest BCUT2D eigenvalue weighted by Crippen LogP contribution is -2.44. The van der Waals surface area contributed by atoms with E-state index in [4.69, 9.17) is 14.5 Å². The van der Waals surface area contributed by atoms with E-state index in [-0.39, 0.29) is 12.2 Å². The van der Waals surface area contributed by atoms with Crippen LogP contribution in [0.1, 0.15) is 44.7 Å². The molecule has 6 rings (SSSR count). The van der Waals surface area contributed by atoms with E-state index in [9.17, 15) is 10.1 Å². The van der Waals surface area contributed by atoms with Gasteiger partial charge in [-0.25, -0.2) is 29.4 Å². The number of nitriles is 1. The fourth-order valence-electron chi connectivity index (χ4n) is 4.93. The van der Waals surface area contributed by atoms with E-state index in [2.05, 4.69) is 31.3 Å². The van der Waals surface area contributed by atoms with Gasteiger partial charge in [0, 0.05) is 37.1 Å². The minimum atomic E-state index is -0.514. The molecule has 5 aromatic rings. The van der Waals surface area contributed by atoms with Gasteiger partial charge >= 0.3 is 6.09 Å². The Kier molecular flexibility index (Phi) is 7.85. The summed E-state index contributed by atoms with van der Waals surface area (Å²) in [5, 5.41) is 17.7. The number of benzene rings is 2.